The number of halogens is 1. The molecule has 0 aromatic heterocycles. The highest BCUT2D eigenvalue weighted by Crippen LogP contribution is 2.18. The number of hydrogen-bond donors (Lipinski definition) is 2. The molecule has 6 nitrogen and oxygen atoms in total. The van der Waals surface area contributed by atoms with Crippen molar-refractivity contribution in [3.05, 3.63) is 66.0 Å². The minimum atomic E-state index is -0.338. The van der Waals surface area contributed by atoms with Gasteiger partial charge in [-0.1, -0.05) is 30.3 Å². The minimum Gasteiger partial charge on any atom is -0.410 e. The van der Waals surface area contributed by atoms with Crippen molar-refractivity contribution in [2.75, 3.05) is 19.6 Å². The summed E-state index contributed by atoms with van der Waals surface area (Å²) in [6, 6.07) is 14.8. The molecule has 0 aliphatic carbocycles. The number of benzene rings is 2. The summed E-state index contributed by atoms with van der Waals surface area (Å²) in [4.78, 5) is 25.8. The molecule has 0 saturated carbocycles. The molecule has 2 N–H and O–H groups in total. The van der Waals surface area contributed by atoms with Crippen LogP contribution in [-0.4, -0.2) is 36.7 Å². The lowest BCUT2D eigenvalue weighted by Gasteiger charge is -2.31. The molecule has 1 fully saturated rings. The zero-order valence-electron chi connectivity index (χ0n) is 15.6. The third-order valence-electron chi connectivity index (χ3n) is 4.74. The lowest BCUT2D eigenvalue weighted by atomic mass is 9.97. The molecule has 2 aromatic carbocycles. The zero-order chi connectivity index (χ0) is 19.8. The fourth-order valence-corrected chi connectivity index (χ4v) is 3.06. The van der Waals surface area contributed by atoms with Gasteiger partial charge in [0.05, 0.1) is 0 Å². The van der Waals surface area contributed by atoms with Gasteiger partial charge >= 0.3 is 12.1 Å². The van der Waals surface area contributed by atoms with Gasteiger partial charge in [-0.2, -0.15) is 0 Å². The number of urea groups is 1. The van der Waals surface area contributed by atoms with Crippen molar-refractivity contribution < 1.29 is 18.7 Å². The summed E-state index contributed by atoms with van der Waals surface area (Å²) >= 11 is 0. The monoisotopic (exact) mass is 385 g/mol. The van der Waals surface area contributed by atoms with E-state index in [1.807, 2.05) is 18.2 Å². The maximum Gasteiger partial charge on any atom is 0.415 e. The third kappa shape index (κ3) is 5.97. The lowest BCUT2D eigenvalue weighted by molar-refractivity contribution is 0.130. The van der Waals surface area contributed by atoms with Gasteiger partial charge in [0.1, 0.15) is 11.6 Å². The van der Waals surface area contributed by atoms with Gasteiger partial charge in [-0.3, -0.25) is 0 Å². The van der Waals surface area contributed by atoms with Crippen LogP contribution < -0.4 is 15.4 Å². The van der Waals surface area contributed by atoms with E-state index < -0.39 is 0 Å². The maximum atomic E-state index is 12.9. The number of likely N-dealkylation sites (tertiary alicyclic amines) is 1. The van der Waals surface area contributed by atoms with Gasteiger partial charge < -0.3 is 20.3 Å². The number of piperidine rings is 1. The van der Waals surface area contributed by atoms with Gasteiger partial charge in [0.2, 0.25) is 0 Å². The van der Waals surface area contributed by atoms with Gasteiger partial charge in [-0.15, -0.1) is 0 Å². The van der Waals surface area contributed by atoms with Crippen LogP contribution in [0.4, 0.5) is 14.0 Å². The molecule has 3 rings (SSSR count). The zero-order valence-corrected chi connectivity index (χ0v) is 15.6. The summed E-state index contributed by atoms with van der Waals surface area (Å²) in [6.07, 6.45) is 1.28. The highest BCUT2D eigenvalue weighted by molar-refractivity contribution is 5.73. The van der Waals surface area contributed by atoms with Crippen molar-refractivity contribution in [3.63, 3.8) is 0 Å². The number of amides is 3. The van der Waals surface area contributed by atoms with Gasteiger partial charge in [-0.25, -0.2) is 14.0 Å². The average molecular weight is 385 g/mol. The Kier molecular flexibility index (Phi) is 6.84. The molecule has 148 valence electrons. The summed E-state index contributed by atoms with van der Waals surface area (Å²) in [7, 11) is 0. The first-order valence-corrected chi connectivity index (χ1v) is 9.38. The van der Waals surface area contributed by atoms with Gasteiger partial charge in [0.15, 0.2) is 0 Å². The molecule has 0 atom stereocenters. The molecular formula is C21H24FN3O3. The quantitative estimate of drug-likeness (QED) is 0.827. The first-order chi connectivity index (χ1) is 13.6. The number of carbonyl (C=O) groups excluding carboxylic acids is 2. The van der Waals surface area contributed by atoms with E-state index in [9.17, 15) is 14.0 Å². The standard InChI is InChI=1S/C21H24FN3O3/c22-18-8-6-16(7-9-18)14-23-20(26)24-15-17-10-12-25(13-11-17)21(27)28-19-4-2-1-3-5-19/h1-9,17H,10-15H2,(H2,23,24,26). The van der Waals surface area contributed by atoms with Crippen LogP contribution in [-0.2, 0) is 6.54 Å². The highest BCUT2D eigenvalue weighted by atomic mass is 19.1. The van der Waals surface area contributed by atoms with Crippen LogP contribution in [0.15, 0.2) is 54.6 Å². The Balaban J connectivity index is 1.33. The molecule has 28 heavy (non-hydrogen) atoms. The van der Waals surface area contributed by atoms with Crippen molar-refractivity contribution in [1.29, 1.82) is 0 Å². The summed E-state index contributed by atoms with van der Waals surface area (Å²) in [5.41, 5.74) is 0.835. The molecule has 1 saturated heterocycles. The van der Waals surface area contributed by atoms with Gasteiger partial charge in [0.25, 0.3) is 0 Å². The SMILES string of the molecule is O=C(NCc1ccc(F)cc1)NCC1CCN(C(=O)Oc2ccccc2)CC1. The van der Waals surface area contributed by atoms with Crippen molar-refractivity contribution in [1.82, 2.24) is 15.5 Å². The van der Waals surface area contributed by atoms with E-state index in [0.717, 1.165) is 18.4 Å². The van der Waals surface area contributed by atoms with E-state index in [1.54, 1.807) is 29.2 Å². The molecule has 2 aromatic rings. The van der Waals surface area contributed by atoms with Crippen LogP contribution in [0.2, 0.25) is 0 Å². The first kappa shape index (κ1) is 19.7. The first-order valence-electron chi connectivity index (χ1n) is 9.38. The third-order valence-corrected chi connectivity index (χ3v) is 4.74. The second-order valence-corrected chi connectivity index (χ2v) is 6.80. The van der Waals surface area contributed by atoms with E-state index >= 15 is 0 Å². The number of nitrogens with one attached hydrogen (secondary N) is 2. The van der Waals surface area contributed by atoms with E-state index in [-0.39, 0.29) is 17.9 Å². The van der Waals surface area contributed by atoms with Crippen LogP contribution in [0.3, 0.4) is 0 Å². The van der Waals surface area contributed by atoms with Crippen molar-refractivity contribution >= 4 is 12.1 Å². The second-order valence-electron chi connectivity index (χ2n) is 6.80. The van der Waals surface area contributed by atoms with Crippen molar-refractivity contribution in [2.24, 2.45) is 5.92 Å². The number of rotatable bonds is 5. The maximum absolute atomic E-state index is 12.9. The number of para-hydroxylation sites is 1. The Hall–Kier alpha value is -3.09. The number of nitrogens with zero attached hydrogens (tertiary/aromatic N) is 1. The molecule has 1 aliphatic heterocycles. The van der Waals surface area contributed by atoms with E-state index in [0.29, 0.717) is 37.8 Å². The Morgan fingerprint density at radius 2 is 1.68 bits per heavy atom. The Morgan fingerprint density at radius 3 is 2.36 bits per heavy atom. The fraction of sp³-hybridized carbons (Fsp3) is 0.333. The second kappa shape index (κ2) is 9.73. The molecule has 7 heteroatoms. The van der Waals surface area contributed by atoms with E-state index in [4.69, 9.17) is 4.74 Å². The lowest BCUT2D eigenvalue weighted by Crippen LogP contribution is -2.44. The van der Waals surface area contributed by atoms with Crippen LogP contribution in [0, 0.1) is 11.7 Å². The van der Waals surface area contributed by atoms with E-state index in [2.05, 4.69) is 10.6 Å². The predicted molar refractivity (Wildman–Crippen MR) is 103 cm³/mol. The summed E-state index contributed by atoms with van der Waals surface area (Å²) in [5.74, 6) is 0.554. The molecule has 1 aliphatic rings. The number of carbonyl (C=O) groups is 2. The van der Waals surface area contributed by atoms with Crippen molar-refractivity contribution in [2.45, 2.75) is 19.4 Å². The summed E-state index contributed by atoms with van der Waals surface area (Å²) in [6.45, 7) is 2.11. The van der Waals surface area contributed by atoms with E-state index in [1.165, 1.54) is 12.1 Å². The average Bonchev–Trinajstić information content (AvgIpc) is 2.73. The minimum absolute atomic E-state index is 0.254. The topological polar surface area (TPSA) is 70.7 Å². The smallest absolute Gasteiger partial charge is 0.410 e. The largest absolute Gasteiger partial charge is 0.415 e. The Bertz CT molecular complexity index is 775. The van der Waals surface area contributed by atoms with Crippen LogP contribution in [0.5, 0.6) is 5.75 Å². The summed E-state index contributed by atoms with van der Waals surface area (Å²) in [5, 5.41) is 5.61. The fourth-order valence-electron chi connectivity index (χ4n) is 3.06. The van der Waals surface area contributed by atoms with Crippen molar-refractivity contribution in [3.8, 4) is 5.75 Å². The van der Waals surface area contributed by atoms with Crippen LogP contribution >= 0.6 is 0 Å². The molecule has 0 spiro atoms. The molecule has 1 heterocycles. The molecule has 0 bridgehead atoms. The van der Waals surface area contributed by atoms with Crippen LogP contribution in [0.1, 0.15) is 18.4 Å². The molecule has 0 unspecified atom stereocenters. The highest BCUT2D eigenvalue weighted by Gasteiger charge is 2.24. The number of ether oxygens (including phenoxy) is 1. The van der Waals surface area contributed by atoms with Gasteiger partial charge in [-0.05, 0) is 48.6 Å². The Labute approximate surface area is 163 Å². The summed E-state index contributed by atoms with van der Waals surface area (Å²) < 4.78 is 18.2. The predicted octanol–water partition coefficient (Wildman–Crippen LogP) is 3.54. The molecule has 3 amide bonds. The van der Waals surface area contributed by atoms with Crippen LogP contribution in [0.25, 0.3) is 0 Å². The normalized spacial score (nSPS) is 14.4. The number of hydrogen-bond acceptors (Lipinski definition) is 3. The molecule has 0 radical (unpaired) electrons. The molecular weight excluding hydrogens is 361 g/mol. The van der Waals surface area contributed by atoms with Gasteiger partial charge in [0, 0.05) is 26.2 Å². The Morgan fingerprint density at radius 1 is 1.00 bits per heavy atom.